The quantitative estimate of drug-likeness (QED) is 0.771. The average molecular weight is 231 g/mol. The molecule has 0 radical (unpaired) electrons. The predicted molar refractivity (Wildman–Crippen MR) is 67.0 cm³/mol. The molecule has 0 bridgehead atoms. The maximum absolute atomic E-state index is 5.92. The van der Waals surface area contributed by atoms with Gasteiger partial charge in [-0.05, 0) is 44.5 Å². The Hall–Kier alpha value is -1.62. The van der Waals surface area contributed by atoms with Gasteiger partial charge in [0.1, 0.15) is 11.8 Å². The van der Waals surface area contributed by atoms with Crippen LogP contribution in [0.3, 0.4) is 0 Å². The first-order valence-corrected chi connectivity index (χ1v) is 6.07. The number of anilines is 1. The van der Waals surface area contributed by atoms with Gasteiger partial charge in [0, 0.05) is 11.6 Å². The van der Waals surface area contributed by atoms with Gasteiger partial charge in [0.05, 0.1) is 0 Å². The van der Waals surface area contributed by atoms with Crippen LogP contribution in [0.5, 0.6) is 0 Å². The normalized spacial score (nSPS) is 17.7. The highest BCUT2D eigenvalue weighted by Gasteiger charge is 2.20. The lowest BCUT2D eigenvalue weighted by Gasteiger charge is -2.22. The van der Waals surface area contributed by atoms with E-state index in [-0.39, 0.29) is 0 Å². The van der Waals surface area contributed by atoms with Gasteiger partial charge in [-0.3, -0.25) is 0 Å². The number of rotatable bonds is 1. The molecule has 5 nitrogen and oxygen atoms in total. The highest BCUT2D eigenvalue weighted by molar-refractivity contribution is 5.70. The fourth-order valence-electron chi connectivity index (χ4n) is 2.69. The summed E-state index contributed by atoms with van der Waals surface area (Å²) in [6.07, 6.45) is 3.86. The van der Waals surface area contributed by atoms with Gasteiger partial charge >= 0.3 is 0 Å². The van der Waals surface area contributed by atoms with Crippen LogP contribution >= 0.6 is 0 Å². The van der Waals surface area contributed by atoms with E-state index in [0.29, 0.717) is 11.7 Å². The van der Waals surface area contributed by atoms with E-state index < -0.39 is 0 Å². The third-order valence-electron chi connectivity index (χ3n) is 3.56. The minimum atomic E-state index is 0.567. The summed E-state index contributed by atoms with van der Waals surface area (Å²) in [6, 6.07) is 2.20. The minimum Gasteiger partial charge on any atom is -0.382 e. The molecule has 0 unspecified atom stereocenters. The predicted octanol–water partition coefficient (Wildman–Crippen LogP) is 1.09. The number of fused-ring (bicyclic) bond motifs is 1. The number of nitrogens with one attached hydrogen (secondary N) is 1. The van der Waals surface area contributed by atoms with Crippen molar-refractivity contribution in [2.45, 2.75) is 25.7 Å². The van der Waals surface area contributed by atoms with Crippen molar-refractivity contribution in [3.05, 3.63) is 23.7 Å². The van der Waals surface area contributed by atoms with Crippen LogP contribution in [0.2, 0.25) is 0 Å². The van der Waals surface area contributed by atoms with Gasteiger partial charge in [0.15, 0.2) is 5.82 Å². The number of nitrogens with zero attached hydrogens (tertiary/aromatic N) is 3. The molecule has 1 aliphatic heterocycles. The minimum absolute atomic E-state index is 0.567. The van der Waals surface area contributed by atoms with Gasteiger partial charge in [0.2, 0.25) is 0 Å². The van der Waals surface area contributed by atoms with Crippen molar-refractivity contribution < 1.29 is 0 Å². The third-order valence-corrected chi connectivity index (χ3v) is 3.56. The van der Waals surface area contributed by atoms with Crippen LogP contribution < -0.4 is 11.1 Å². The summed E-state index contributed by atoms with van der Waals surface area (Å²) in [7, 11) is 0. The van der Waals surface area contributed by atoms with Gasteiger partial charge in [-0.15, -0.1) is 0 Å². The number of hydrogen-bond donors (Lipinski definition) is 2. The van der Waals surface area contributed by atoms with E-state index in [9.17, 15) is 0 Å². The molecule has 17 heavy (non-hydrogen) atoms. The summed E-state index contributed by atoms with van der Waals surface area (Å²) >= 11 is 0. The topological polar surface area (TPSA) is 68.2 Å². The fourth-order valence-corrected chi connectivity index (χ4v) is 2.69. The van der Waals surface area contributed by atoms with E-state index in [2.05, 4.69) is 28.4 Å². The lowest BCUT2D eigenvalue weighted by Crippen LogP contribution is -2.27. The molecular weight excluding hydrogens is 214 g/mol. The van der Waals surface area contributed by atoms with Crippen LogP contribution in [-0.2, 0) is 0 Å². The smallest absolute Gasteiger partial charge is 0.151 e. The summed E-state index contributed by atoms with van der Waals surface area (Å²) < 4.78 is 1.97. The van der Waals surface area contributed by atoms with Gasteiger partial charge in [-0.1, -0.05) is 0 Å². The second kappa shape index (κ2) is 4.00. The summed E-state index contributed by atoms with van der Waals surface area (Å²) in [5.41, 5.74) is 9.31. The molecule has 0 aromatic carbocycles. The van der Waals surface area contributed by atoms with Crippen LogP contribution in [0, 0.1) is 6.92 Å². The van der Waals surface area contributed by atoms with Crippen molar-refractivity contribution in [3.8, 4) is 0 Å². The number of piperidine rings is 1. The highest BCUT2D eigenvalue weighted by atomic mass is 15.3. The van der Waals surface area contributed by atoms with E-state index in [0.717, 1.165) is 37.0 Å². The first-order valence-electron chi connectivity index (χ1n) is 6.07. The number of aromatic nitrogens is 3. The second-order valence-electron chi connectivity index (χ2n) is 4.68. The molecule has 0 saturated carbocycles. The van der Waals surface area contributed by atoms with Crippen molar-refractivity contribution in [2.24, 2.45) is 0 Å². The Labute approximate surface area is 100 Å². The monoisotopic (exact) mass is 231 g/mol. The molecule has 2 aromatic rings. The Balaban J connectivity index is 2.13. The molecule has 1 fully saturated rings. The third kappa shape index (κ3) is 1.67. The van der Waals surface area contributed by atoms with E-state index in [1.165, 1.54) is 12.0 Å². The van der Waals surface area contributed by atoms with E-state index in [1.54, 1.807) is 0 Å². The Kier molecular flexibility index (Phi) is 2.48. The molecule has 1 aliphatic rings. The number of aryl methyl sites for hydroxylation is 1. The van der Waals surface area contributed by atoms with Crippen molar-refractivity contribution >= 4 is 11.3 Å². The van der Waals surface area contributed by atoms with E-state index in [1.807, 2.05) is 4.52 Å². The Morgan fingerprint density at radius 3 is 2.94 bits per heavy atom. The van der Waals surface area contributed by atoms with Crippen molar-refractivity contribution in [3.63, 3.8) is 0 Å². The van der Waals surface area contributed by atoms with Gasteiger partial charge in [-0.2, -0.15) is 5.10 Å². The SMILES string of the molecule is Cc1cc(C2CCNCC2)n2ncnc(N)c12. The summed E-state index contributed by atoms with van der Waals surface area (Å²) in [6.45, 7) is 4.23. The molecule has 0 spiro atoms. The van der Waals surface area contributed by atoms with Crippen molar-refractivity contribution in [2.75, 3.05) is 18.8 Å². The summed E-state index contributed by atoms with van der Waals surface area (Å²) in [5.74, 6) is 1.14. The zero-order chi connectivity index (χ0) is 11.8. The number of nitrogens with two attached hydrogens (primary N) is 1. The molecule has 3 rings (SSSR count). The number of hydrogen-bond acceptors (Lipinski definition) is 4. The van der Waals surface area contributed by atoms with Crippen LogP contribution in [0.15, 0.2) is 12.4 Å². The molecule has 90 valence electrons. The molecule has 0 amide bonds. The average Bonchev–Trinajstić information content (AvgIpc) is 2.69. The lowest BCUT2D eigenvalue weighted by atomic mass is 9.94. The standard InChI is InChI=1S/C12H17N5/c1-8-6-10(9-2-4-14-5-3-9)17-11(8)12(13)15-7-16-17/h6-7,9,14H,2-5H2,1H3,(H2,13,15,16). The molecular formula is C12H17N5. The van der Waals surface area contributed by atoms with Gasteiger partial charge in [-0.25, -0.2) is 9.50 Å². The zero-order valence-corrected chi connectivity index (χ0v) is 9.98. The molecule has 3 heterocycles. The molecule has 0 aliphatic carbocycles. The Morgan fingerprint density at radius 2 is 2.18 bits per heavy atom. The van der Waals surface area contributed by atoms with Gasteiger partial charge in [0.25, 0.3) is 0 Å². The zero-order valence-electron chi connectivity index (χ0n) is 9.98. The van der Waals surface area contributed by atoms with Crippen LogP contribution in [0.25, 0.3) is 5.52 Å². The van der Waals surface area contributed by atoms with Gasteiger partial charge < -0.3 is 11.1 Å². The maximum Gasteiger partial charge on any atom is 0.151 e. The first-order chi connectivity index (χ1) is 8.27. The second-order valence-corrected chi connectivity index (χ2v) is 4.68. The molecule has 3 N–H and O–H groups in total. The Morgan fingerprint density at radius 1 is 1.41 bits per heavy atom. The molecule has 5 heteroatoms. The largest absolute Gasteiger partial charge is 0.382 e. The highest BCUT2D eigenvalue weighted by Crippen LogP contribution is 2.29. The molecule has 1 saturated heterocycles. The van der Waals surface area contributed by atoms with Crippen molar-refractivity contribution in [1.29, 1.82) is 0 Å². The van der Waals surface area contributed by atoms with Crippen LogP contribution in [-0.4, -0.2) is 27.7 Å². The number of nitrogen functional groups attached to an aromatic ring is 1. The van der Waals surface area contributed by atoms with E-state index >= 15 is 0 Å². The summed E-state index contributed by atoms with van der Waals surface area (Å²) in [4.78, 5) is 4.06. The van der Waals surface area contributed by atoms with E-state index in [4.69, 9.17) is 5.73 Å². The van der Waals surface area contributed by atoms with Crippen LogP contribution in [0.4, 0.5) is 5.82 Å². The van der Waals surface area contributed by atoms with Crippen molar-refractivity contribution in [1.82, 2.24) is 19.9 Å². The fraction of sp³-hybridized carbons (Fsp3) is 0.500. The molecule has 2 aromatic heterocycles. The Bertz CT molecular complexity index is 539. The summed E-state index contributed by atoms with van der Waals surface area (Å²) in [5, 5.41) is 7.73. The maximum atomic E-state index is 5.92. The first kappa shape index (κ1) is 10.5. The lowest BCUT2D eigenvalue weighted by molar-refractivity contribution is 0.448. The van der Waals surface area contributed by atoms with Crippen LogP contribution in [0.1, 0.15) is 30.0 Å². The molecule has 0 atom stereocenters.